The molecule has 1 atom stereocenters. The van der Waals surface area contributed by atoms with Crippen molar-refractivity contribution in [2.45, 2.75) is 46.5 Å². The molecule has 0 spiro atoms. The van der Waals surface area contributed by atoms with E-state index in [0.29, 0.717) is 5.41 Å². The standard InChI is InChI=1S/C9H18.C3H2N2O2/c1-8-5-4-6-9(2,3)7-8;6-2-4-1-5-3-7/h8H,4-7H2,1-3H3;1H2. The summed E-state index contributed by atoms with van der Waals surface area (Å²) in [7, 11) is 0. The lowest BCUT2D eigenvalue weighted by Gasteiger charge is -2.33. The second-order valence-electron chi connectivity index (χ2n) is 5.01. The van der Waals surface area contributed by atoms with Gasteiger partial charge >= 0.3 is 0 Å². The third kappa shape index (κ3) is 8.10. The third-order valence-electron chi connectivity index (χ3n) is 2.72. The van der Waals surface area contributed by atoms with Crippen LogP contribution in [0.1, 0.15) is 46.5 Å². The maximum Gasteiger partial charge on any atom is 0.236 e. The summed E-state index contributed by atoms with van der Waals surface area (Å²) < 4.78 is 0. The monoisotopic (exact) mass is 224 g/mol. The number of rotatable bonds is 2. The molecule has 0 bridgehead atoms. The number of hydrogen-bond donors (Lipinski definition) is 0. The Morgan fingerprint density at radius 2 is 1.81 bits per heavy atom. The lowest BCUT2D eigenvalue weighted by Crippen LogP contribution is -2.20. The van der Waals surface area contributed by atoms with Crippen LogP contribution in [0, 0.1) is 11.3 Å². The average molecular weight is 224 g/mol. The van der Waals surface area contributed by atoms with Crippen LogP contribution in [0.5, 0.6) is 0 Å². The van der Waals surface area contributed by atoms with Crippen LogP contribution in [-0.4, -0.2) is 18.8 Å². The van der Waals surface area contributed by atoms with E-state index in [1.165, 1.54) is 37.8 Å². The van der Waals surface area contributed by atoms with Gasteiger partial charge in [-0.25, -0.2) is 9.59 Å². The van der Waals surface area contributed by atoms with Crippen molar-refractivity contribution in [1.29, 1.82) is 0 Å². The summed E-state index contributed by atoms with van der Waals surface area (Å²) >= 11 is 0. The van der Waals surface area contributed by atoms with Crippen LogP contribution in [0.3, 0.4) is 0 Å². The summed E-state index contributed by atoms with van der Waals surface area (Å²) in [5.74, 6) is 0.980. The second-order valence-corrected chi connectivity index (χ2v) is 5.01. The highest BCUT2D eigenvalue weighted by Crippen LogP contribution is 2.37. The zero-order chi connectivity index (χ0) is 12.4. The minimum Gasteiger partial charge on any atom is -0.211 e. The number of hydrogen-bond acceptors (Lipinski definition) is 4. The highest BCUT2D eigenvalue weighted by molar-refractivity contribution is 5.35. The van der Waals surface area contributed by atoms with E-state index in [1.807, 2.05) is 0 Å². The predicted molar refractivity (Wildman–Crippen MR) is 62.5 cm³/mol. The van der Waals surface area contributed by atoms with Crippen molar-refractivity contribution in [3.63, 3.8) is 0 Å². The lowest BCUT2D eigenvalue weighted by atomic mass is 9.73. The van der Waals surface area contributed by atoms with Gasteiger partial charge in [-0.1, -0.05) is 33.6 Å². The van der Waals surface area contributed by atoms with Gasteiger partial charge in [-0.05, 0) is 24.2 Å². The molecule has 0 saturated heterocycles. The maximum atomic E-state index is 9.20. The SMILES string of the molecule is CC1CCCC(C)(C)C1.O=C=NCN=C=O. The van der Waals surface area contributed by atoms with Gasteiger partial charge in [0.2, 0.25) is 12.2 Å². The topological polar surface area (TPSA) is 58.9 Å². The van der Waals surface area contributed by atoms with E-state index in [9.17, 15) is 9.59 Å². The molecular formula is C12H20N2O2. The van der Waals surface area contributed by atoms with Crippen molar-refractivity contribution < 1.29 is 9.59 Å². The molecule has 4 nitrogen and oxygen atoms in total. The number of nitrogens with zero attached hydrogens (tertiary/aromatic N) is 2. The van der Waals surface area contributed by atoms with Crippen LogP contribution in [-0.2, 0) is 9.59 Å². The largest absolute Gasteiger partial charge is 0.236 e. The quantitative estimate of drug-likeness (QED) is 0.535. The van der Waals surface area contributed by atoms with E-state index in [0.717, 1.165) is 5.92 Å². The van der Waals surface area contributed by atoms with Gasteiger partial charge in [0, 0.05) is 0 Å². The highest BCUT2D eigenvalue weighted by Gasteiger charge is 2.24. The molecule has 1 aliphatic rings. The number of carbonyl (C=O) groups excluding carboxylic acids is 2. The van der Waals surface area contributed by atoms with Crippen molar-refractivity contribution in [2.75, 3.05) is 6.67 Å². The van der Waals surface area contributed by atoms with E-state index >= 15 is 0 Å². The van der Waals surface area contributed by atoms with Gasteiger partial charge in [-0.2, -0.15) is 9.98 Å². The first kappa shape index (κ1) is 14.8. The predicted octanol–water partition coefficient (Wildman–Crippen LogP) is 2.84. The molecule has 0 radical (unpaired) electrons. The molecular weight excluding hydrogens is 204 g/mol. The van der Waals surface area contributed by atoms with Crippen molar-refractivity contribution >= 4 is 12.2 Å². The summed E-state index contributed by atoms with van der Waals surface area (Å²) in [6.45, 7) is 7.00. The minimum absolute atomic E-state index is 0.160. The molecule has 1 rings (SSSR count). The van der Waals surface area contributed by atoms with Gasteiger partial charge in [0.05, 0.1) is 0 Å². The van der Waals surface area contributed by atoms with Gasteiger partial charge < -0.3 is 0 Å². The number of aliphatic imine (C=N–C) groups is 2. The fourth-order valence-electron chi connectivity index (χ4n) is 2.17. The summed E-state index contributed by atoms with van der Waals surface area (Å²) in [4.78, 5) is 24.2. The number of isocyanates is 2. The molecule has 4 heteroatoms. The van der Waals surface area contributed by atoms with Crippen molar-refractivity contribution in [3.05, 3.63) is 0 Å². The Kier molecular flexibility index (Phi) is 7.36. The molecule has 1 unspecified atom stereocenters. The average Bonchev–Trinajstić information content (AvgIpc) is 2.17. The van der Waals surface area contributed by atoms with Gasteiger partial charge in [0.1, 0.15) is 0 Å². The molecule has 1 fully saturated rings. The Bertz CT molecular complexity index is 271. The van der Waals surface area contributed by atoms with E-state index in [4.69, 9.17) is 0 Å². The smallest absolute Gasteiger partial charge is 0.211 e. The zero-order valence-corrected chi connectivity index (χ0v) is 10.3. The Labute approximate surface area is 96.9 Å². The molecule has 0 N–H and O–H groups in total. The molecule has 0 amide bonds. The second kappa shape index (κ2) is 7.98. The van der Waals surface area contributed by atoms with Gasteiger partial charge in [0.15, 0.2) is 6.67 Å². The first-order chi connectivity index (χ1) is 7.52. The molecule has 1 saturated carbocycles. The fourth-order valence-corrected chi connectivity index (χ4v) is 2.17. The Balaban J connectivity index is 0.000000293. The first-order valence-electron chi connectivity index (χ1n) is 5.59. The lowest BCUT2D eigenvalue weighted by molar-refractivity contribution is 0.191. The summed E-state index contributed by atoms with van der Waals surface area (Å²) in [5.41, 5.74) is 0.650. The molecule has 0 aliphatic heterocycles. The molecule has 16 heavy (non-hydrogen) atoms. The molecule has 90 valence electrons. The van der Waals surface area contributed by atoms with E-state index < -0.39 is 0 Å². The molecule has 0 aromatic heterocycles. The van der Waals surface area contributed by atoms with Crippen molar-refractivity contribution in [2.24, 2.45) is 21.3 Å². The van der Waals surface area contributed by atoms with Crippen LogP contribution in [0.4, 0.5) is 0 Å². The summed E-state index contributed by atoms with van der Waals surface area (Å²) in [6.07, 6.45) is 8.20. The van der Waals surface area contributed by atoms with Crippen LogP contribution in [0.25, 0.3) is 0 Å². The van der Waals surface area contributed by atoms with Gasteiger partial charge in [-0.3, -0.25) is 0 Å². The molecule has 0 aromatic rings. The summed E-state index contributed by atoms with van der Waals surface area (Å²) in [5, 5.41) is 0. The van der Waals surface area contributed by atoms with Crippen LogP contribution < -0.4 is 0 Å². The van der Waals surface area contributed by atoms with Gasteiger partial charge in [-0.15, -0.1) is 0 Å². The Hall–Kier alpha value is -1.24. The first-order valence-corrected chi connectivity index (χ1v) is 5.59. The van der Waals surface area contributed by atoms with E-state index in [1.54, 1.807) is 0 Å². The molecule has 1 aliphatic carbocycles. The maximum absolute atomic E-state index is 9.20. The third-order valence-corrected chi connectivity index (χ3v) is 2.72. The zero-order valence-electron chi connectivity index (χ0n) is 10.3. The summed E-state index contributed by atoms with van der Waals surface area (Å²) in [6, 6.07) is 0. The van der Waals surface area contributed by atoms with E-state index in [2.05, 4.69) is 30.8 Å². The van der Waals surface area contributed by atoms with Gasteiger partial charge in [0.25, 0.3) is 0 Å². The minimum atomic E-state index is -0.160. The van der Waals surface area contributed by atoms with Crippen LogP contribution in [0.2, 0.25) is 0 Å². The Morgan fingerprint density at radius 1 is 1.25 bits per heavy atom. The van der Waals surface area contributed by atoms with E-state index in [-0.39, 0.29) is 6.67 Å². The highest BCUT2D eigenvalue weighted by atomic mass is 16.1. The Morgan fingerprint density at radius 3 is 2.12 bits per heavy atom. The van der Waals surface area contributed by atoms with Crippen LogP contribution >= 0.6 is 0 Å². The molecule has 0 aromatic carbocycles. The van der Waals surface area contributed by atoms with Crippen LogP contribution in [0.15, 0.2) is 9.98 Å². The fraction of sp³-hybridized carbons (Fsp3) is 0.833. The van der Waals surface area contributed by atoms with Crippen molar-refractivity contribution in [3.8, 4) is 0 Å². The van der Waals surface area contributed by atoms with Crippen molar-refractivity contribution in [1.82, 2.24) is 0 Å². The normalized spacial score (nSPS) is 21.8. The molecule has 0 heterocycles.